The predicted octanol–water partition coefficient (Wildman–Crippen LogP) is 4.51. The first kappa shape index (κ1) is 17.9. The number of hydrogen-bond donors (Lipinski definition) is 1. The Morgan fingerprint density at radius 1 is 0.815 bits per heavy atom. The first-order valence-electron chi connectivity index (χ1n) is 8.34. The summed E-state index contributed by atoms with van der Waals surface area (Å²) in [6.45, 7) is 0. The smallest absolute Gasteiger partial charge is 0.144 e. The van der Waals surface area contributed by atoms with Gasteiger partial charge in [-0.25, -0.2) is 5.01 Å². The van der Waals surface area contributed by atoms with Crippen LogP contribution in [0.1, 0.15) is 5.56 Å². The van der Waals surface area contributed by atoms with Crippen LogP contribution in [-0.2, 0) is 0 Å². The van der Waals surface area contributed by atoms with Crippen molar-refractivity contribution >= 4 is 23.3 Å². The number of nitrogen functional groups attached to an aromatic ring is 1. The van der Waals surface area contributed by atoms with Crippen LogP contribution in [0.3, 0.4) is 0 Å². The number of anilines is 3. The van der Waals surface area contributed by atoms with Gasteiger partial charge in [0.05, 0.1) is 23.8 Å². The van der Waals surface area contributed by atoms with Crippen molar-refractivity contribution in [3.63, 3.8) is 0 Å². The average molecular weight is 357 g/mol. The average Bonchev–Trinajstić information content (AvgIpc) is 3.31. The van der Waals surface area contributed by atoms with Gasteiger partial charge in [0.2, 0.25) is 0 Å². The van der Waals surface area contributed by atoms with Crippen LogP contribution in [0.5, 0.6) is 0 Å². The van der Waals surface area contributed by atoms with E-state index >= 15 is 0 Å². The van der Waals surface area contributed by atoms with Gasteiger partial charge in [-0.1, -0.05) is 54.6 Å². The van der Waals surface area contributed by atoms with Crippen LogP contribution in [0.15, 0.2) is 107 Å². The SMILES string of the molecule is Nc1ccccc1C=NN(c1ccccc1)c1ccccc1.c1conn1. The zero-order chi connectivity index (χ0) is 18.7. The summed E-state index contributed by atoms with van der Waals surface area (Å²) in [6, 6.07) is 27.8. The molecule has 0 bridgehead atoms. The first-order chi connectivity index (χ1) is 13.3. The predicted molar refractivity (Wildman–Crippen MR) is 108 cm³/mol. The Morgan fingerprint density at radius 3 is 1.89 bits per heavy atom. The van der Waals surface area contributed by atoms with Gasteiger partial charge in [-0.05, 0) is 30.3 Å². The lowest BCUT2D eigenvalue weighted by Gasteiger charge is -2.19. The molecule has 1 heterocycles. The minimum Gasteiger partial charge on any atom is -0.398 e. The molecule has 1 aromatic heterocycles. The fraction of sp³-hybridized carbons (Fsp3) is 0. The van der Waals surface area contributed by atoms with Gasteiger partial charge in [-0.15, -0.1) is 5.10 Å². The molecule has 0 aliphatic rings. The Balaban J connectivity index is 0.000000364. The Labute approximate surface area is 157 Å². The van der Waals surface area contributed by atoms with Crippen molar-refractivity contribution in [2.24, 2.45) is 5.10 Å². The van der Waals surface area contributed by atoms with Crippen LogP contribution in [0.2, 0.25) is 0 Å². The zero-order valence-electron chi connectivity index (χ0n) is 14.6. The van der Waals surface area contributed by atoms with Crippen LogP contribution in [0.4, 0.5) is 17.1 Å². The number of para-hydroxylation sites is 3. The Morgan fingerprint density at radius 2 is 1.41 bits per heavy atom. The van der Waals surface area contributed by atoms with E-state index in [9.17, 15) is 0 Å². The molecule has 0 spiro atoms. The van der Waals surface area contributed by atoms with Crippen molar-refractivity contribution in [3.05, 3.63) is 103 Å². The van der Waals surface area contributed by atoms with E-state index in [2.05, 4.69) is 20.0 Å². The molecular formula is C21H19N5O. The lowest BCUT2D eigenvalue weighted by atomic mass is 10.2. The minimum atomic E-state index is 0.715. The van der Waals surface area contributed by atoms with E-state index in [1.165, 1.54) is 12.5 Å². The van der Waals surface area contributed by atoms with Crippen LogP contribution in [0.25, 0.3) is 0 Å². The van der Waals surface area contributed by atoms with Gasteiger partial charge in [0.25, 0.3) is 0 Å². The number of nitrogens with two attached hydrogens (primary N) is 1. The molecule has 0 unspecified atom stereocenters. The maximum atomic E-state index is 5.97. The number of hydrazone groups is 1. The molecule has 134 valence electrons. The highest BCUT2D eigenvalue weighted by molar-refractivity contribution is 5.88. The summed E-state index contributed by atoms with van der Waals surface area (Å²) >= 11 is 0. The third kappa shape index (κ3) is 5.27. The third-order valence-electron chi connectivity index (χ3n) is 3.59. The molecule has 6 heteroatoms. The second kappa shape index (κ2) is 9.53. The van der Waals surface area contributed by atoms with E-state index in [-0.39, 0.29) is 0 Å². The molecule has 0 aliphatic heterocycles. The van der Waals surface area contributed by atoms with Gasteiger partial charge >= 0.3 is 0 Å². The molecule has 2 N–H and O–H groups in total. The van der Waals surface area contributed by atoms with Crippen LogP contribution in [0, 0.1) is 0 Å². The topological polar surface area (TPSA) is 80.5 Å². The quantitative estimate of drug-likeness (QED) is 0.330. The molecule has 0 saturated carbocycles. The van der Waals surface area contributed by atoms with Gasteiger partial charge in [0.1, 0.15) is 6.26 Å². The normalized spacial score (nSPS) is 10.2. The summed E-state index contributed by atoms with van der Waals surface area (Å²) in [5.41, 5.74) is 9.59. The standard InChI is InChI=1S/C19H17N3.C2H2N2O/c20-19-14-8-7-9-16(19)15-21-22(17-10-3-1-4-11-17)18-12-5-2-6-13-18;1-2-5-4-3-1/h1-15H,20H2;1-2H. The molecule has 0 aliphatic carbocycles. The van der Waals surface area contributed by atoms with Crippen molar-refractivity contribution < 1.29 is 4.52 Å². The zero-order valence-corrected chi connectivity index (χ0v) is 14.6. The Kier molecular flexibility index (Phi) is 6.31. The highest BCUT2D eigenvalue weighted by Crippen LogP contribution is 2.25. The summed E-state index contributed by atoms with van der Waals surface area (Å²) in [4.78, 5) is 0. The second-order valence-corrected chi connectivity index (χ2v) is 5.44. The molecule has 0 saturated heterocycles. The van der Waals surface area contributed by atoms with Crippen LogP contribution in [-0.4, -0.2) is 16.6 Å². The molecular weight excluding hydrogens is 338 g/mol. The fourth-order valence-electron chi connectivity index (χ4n) is 2.31. The lowest BCUT2D eigenvalue weighted by Crippen LogP contribution is -2.09. The highest BCUT2D eigenvalue weighted by Gasteiger charge is 2.06. The third-order valence-corrected chi connectivity index (χ3v) is 3.59. The van der Waals surface area contributed by atoms with E-state index in [1.54, 1.807) is 6.21 Å². The van der Waals surface area contributed by atoms with Gasteiger partial charge in [-0.3, -0.25) is 0 Å². The maximum Gasteiger partial charge on any atom is 0.144 e. The lowest BCUT2D eigenvalue weighted by molar-refractivity contribution is 0.393. The van der Waals surface area contributed by atoms with Gasteiger partial charge < -0.3 is 10.3 Å². The van der Waals surface area contributed by atoms with Crippen molar-refractivity contribution in [3.8, 4) is 0 Å². The second-order valence-electron chi connectivity index (χ2n) is 5.44. The number of rotatable bonds is 4. The summed E-state index contributed by atoms with van der Waals surface area (Å²) < 4.78 is 4.22. The number of nitrogens with zero attached hydrogens (tertiary/aromatic N) is 4. The monoisotopic (exact) mass is 357 g/mol. The molecule has 6 nitrogen and oxygen atoms in total. The molecule has 4 aromatic rings. The molecule has 0 amide bonds. The van der Waals surface area contributed by atoms with E-state index in [1.807, 2.05) is 89.9 Å². The van der Waals surface area contributed by atoms with Crippen LogP contribution < -0.4 is 10.7 Å². The summed E-state index contributed by atoms with van der Waals surface area (Å²) in [7, 11) is 0. The van der Waals surface area contributed by atoms with Crippen molar-refractivity contribution in [2.75, 3.05) is 10.7 Å². The molecule has 3 aromatic carbocycles. The maximum absolute atomic E-state index is 5.97. The van der Waals surface area contributed by atoms with E-state index in [0.29, 0.717) is 5.69 Å². The van der Waals surface area contributed by atoms with E-state index < -0.39 is 0 Å². The number of aromatic nitrogens is 2. The van der Waals surface area contributed by atoms with E-state index in [0.717, 1.165) is 16.9 Å². The first-order valence-corrected chi connectivity index (χ1v) is 8.34. The summed E-state index contributed by atoms with van der Waals surface area (Å²) in [5.74, 6) is 0. The molecule has 27 heavy (non-hydrogen) atoms. The van der Waals surface area contributed by atoms with Crippen molar-refractivity contribution in [2.45, 2.75) is 0 Å². The van der Waals surface area contributed by atoms with Crippen molar-refractivity contribution in [1.82, 2.24) is 10.4 Å². The minimum absolute atomic E-state index is 0.715. The largest absolute Gasteiger partial charge is 0.398 e. The number of hydrogen-bond acceptors (Lipinski definition) is 6. The summed E-state index contributed by atoms with van der Waals surface area (Å²) in [6.07, 6.45) is 4.66. The Hall–Kier alpha value is -3.93. The molecule has 0 atom stereocenters. The molecule has 4 rings (SSSR count). The molecule has 0 radical (unpaired) electrons. The van der Waals surface area contributed by atoms with Gasteiger partial charge in [0, 0.05) is 16.5 Å². The van der Waals surface area contributed by atoms with Crippen molar-refractivity contribution in [1.29, 1.82) is 0 Å². The fourth-order valence-corrected chi connectivity index (χ4v) is 2.31. The van der Waals surface area contributed by atoms with Gasteiger partial charge in [0.15, 0.2) is 0 Å². The van der Waals surface area contributed by atoms with Gasteiger partial charge in [-0.2, -0.15) is 5.10 Å². The summed E-state index contributed by atoms with van der Waals surface area (Å²) in [5, 5.41) is 12.9. The highest BCUT2D eigenvalue weighted by atomic mass is 16.5. The Bertz CT molecular complexity index is 884. The van der Waals surface area contributed by atoms with E-state index in [4.69, 9.17) is 5.73 Å². The number of benzene rings is 3. The van der Waals surface area contributed by atoms with Crippen LogP contribution >= 0.6 is 0 Å². The molecule has 0 fully saturated rings.